The van der Waals surface area contributed by atoms with Gasteiger partial charge in [-0.15, -0.1) is 0 Å². The van der Waals surface area contributed by atoms with E-state index in [9.17, 15) is 0 Å². The molecule has 2 N–H and O–H groups in total. The van der Waals surface area contributed by atoms with E-state index in [0.29, 0.717) is 5.41 Å². The van der Waals surface area contributed by atoms with Crippen molar-refractivity contribution in [3.63, 3.8) is 0 Å². The lowest BCUT2D eigenvalue weighted by Crippen LogP contribution is -2.40. The van der Waals surface area contributed by atoms with Crippen LogP contribution in [0.2, 0.25) is 0 Å². The van der Waals surface area contributed by atoms with Gasteiger partial charge in [0.2, 0.25) is 0 Å². The van der Waals surface area contributed by atoms with Crippen LogP contribution in [0.15, 0.2) is 0 Å². The van der Waals surface area contributed by atoms with Gasteiger partial charge < -0.3 is 15.4 Å². The second kappa shape index (κ2) is 6.38. The van der Waals surface area contributed by atoms with Gasteiger partial charge in [-0.2, -0.15) is 0 Å². The SMILES string of the molecule is COCCNCCNCC1(C)CCC1. The molecule has 0 aromatic rings. The van der Waals surface area contributed by atoms with Crippen molar-refractivity contribution < 1.29 is 4.74 Å². The molecule has 0 unspecified atom stereocenters. The summed E-state index contributed by atoms with van der Waals surface area (Å²) in [4.78, 5) is 0. The van der Waals surface area contributed by atoms with Crippen molar-refractivity contribution in [2.75, 3.05) is 39.9 Å². The first-order valence-electron chi connectivity index (χ1n) is 5.67. The van der Waals surface area contributed by atoms with Gasteiger partial charge in [-0.05, 0) is 18.3 Å². The van der Waals surface area contributed by atoms with Crippen molar-refractivity contribution in [3.05, 3.63) is 0 Å². The van der Waals surface area contributed by atoms with Crippen LogP contribution in [-0.2, 0) is 4.74 Å². The van der Waals surface area contributed by atoms with E-state index in [4.69, 9.17) is 4.74 Å². The largest absolute Gasteiger partial charge is 0.383 e. The second-order valence-electron chi connectivity index (χ2n) is 4.58. The van der Waals surface area contributed by atoms with Crippen LogP contribution < -0.4 is 10.6 Å². The van der Waals surface area contributed by atoms with Gasteiger partial charge in [-0.3, -0.25) is 0 Å². The molecule has 0 atom stereocenters. The van der Waals surface area contributed by atoms with Gasteiger partial charge in [0.25, 0.3) is 0 Å². The third-order valence-corrected chi connectivity index (χ3v) is 3.07. The Morgan fingerprint density at radius 1 is 1.14 bits per heavy atom. The zero-order valence-corrected chi connectivity index (χ0v) is 9.57. The quantitative estimate of drug-likeness (QED) is 0.574. The fourth-order valence-electron chi connectivity index (χ4n) is 1.82. The van der Waals surface area contributed by atoms with E-state index in [1.807, 2.05) is 0 Å². The zero-order chi connectivity index (χ0) is 10.3. The third kappa shape index (κ3) is 4.40. The zero-order valence-electron chi connectivity index (χ0n) is 9.57. The molecular formula is C11H24N2O. The fraction of sp³-hybridized carbons (Fsp3) is 1.00. The lowest BCUT2D eigenvalue weighted by Gasteiger charge is -2.38. The van der Waals surface area contributed by atoms with E-state index >= 15 is 0 Å². The van der Waals surface area contributed by atoms with E-state index in [0.717, 1.165) is 26.2 Å². The van der Waals surface area contributed by atoms with Crippen molar-refractivity contribution in [1.29, 1.82) is 0 Å². The molecule has 1 saturated carbocycles. The number of rotatable bonds is 8. The Bertz CT molecular complexity index is 146. The maximum atomic E-state index is 4.95. The molecule has 3 nitrogen and oxygen atoms in total. The van der Waals surface area contributed by atoms with Crippen LogP contribution in [0.5, 0.6) is 0 Å². The summed E-state index contributed by atoms with van der Waals surface area (Å²) in [6, 6.07) is 0. The Balaban J connectivity index is 1.80. The summed E-state index contributed by atoms with van der Waals surface area (Å²) in [5.41, 5.74) is 0.604. The second-order valence-corrected chi connectivity index (χ2v) is 4.58. The molecule has 1 aliphatic rings. The number of ether oxygens (including phenoxy) is 1. The Kier molecular flexibility index (Phi) is 5.45. The molecule has 0 saturated heterocycles. The van der Waals surface area contributed by atoms with E-state index in [1.165, 1.54) is 25.8 Å². The van der Waals surface area contributed by atoms with E-state index in [2.05, 4.69) is 17.6 Å². The summed E-state index contributed by atoms with van der Waals surface area (Å²) in [6.45, 7) is 7.42. The highest BCUT2D eigenvalue weighted by atomic mass is 16.5. The molecule has 1 fully saturated rings. The summed E-state index contributed by atoms with van der Waals surface area (Å²) in [5.74, 6) is 0. The molecule has 0 amide bonds. The molecule has 0 spiro atoms. The molecule has 0 bridgehead atoms. The normalized spacial score (nSPS) is 19.3. The molecule has 14 heavy (non-hydrogen) atoms. The van der Waals surface area contributed by atoms with Crippen LogP contribution in [0.1, 0.15) is 26.2 Å². The highest BCUT2D eigenvalue weighted by molar-refractivity contribution is 4.85. The highest BCUT2D eigenvalue weighted by Crippen LogP contribution is 2.39. The van der Waals surface area contributed by atoms with Crippen LogP contribution >= 0.6 is 0 Å². The summed E-state index contributed by atoms with van der Waals surface area (Å²) in [7, 11) is 1.73. The van der Waals surface area contributed by atoms with Crippen molar-refractivity contribution in [1.82, 2.24) is 10.6 Å². The summed E-state index contributed by atoms with van der Waals surface area (Å²) in [6.07, 6.45) is 4.22. The lowest BCUT2D eigenvalue weighted by molar-refractivity contribution is 0.157. The van der Waals surface area contributed by atoms with Crippen LogP contribution in [-0.4, -0.2) is 39.9 Å². The topological polar surface area (TPSA) is 33.3 Å². The van der Waals surface area contributed by atoms with Crippen molar-refractivity contribution in [3.8, 4) is 0 Å². The molecule has 84 valence electrons. The van der Waals surface area contributed by atoms with Gasteiger partial charge in [0.15, 0.2) is 0 Å². The van der Waals surface area contributed by atoms with E-state index < -0.39 is 0 Å². The maximum Gasteiger partial charge on any atom is 0.0587 e. The summed E-state index contributed by atoms with van der Waals surface area (Å²) >= 11 is 0. The monoisotopic (exact) mass is 200 g/mol. The van der Waals surface area contributed by atoms with Gasteiger partial charge in [-0.1, -0.05) is 13.3 Å². The standard InChI is InChI=1S/C11H24N2O/c1-11(4-3-5-11)10-13-7-6-12-8-9-14-2/h12-13H,3-10H2,1-2H3. The van der Waals surface area contributed by atoms with Crippen LogP contribution in [0.3, 0.4) is 0 Å². The lowest BCUT2D eigenvalue weighted by atomic mass is 9.70. The predicted molar refractivity (Wildman–Crippen MR) is 59.6 cm³/mol. The molecular weight excluding hydrogens is 176 g/mol. The summed E-state index contributed by atoms with van der Waals surface area (Å²) < 4.78 is 4.95. The molecule has 0 heterocycles. The van der Waals surface area contributed by atoms with Gasteiger partial charge in [0.1, 0.15) is 0 Å². The average Bonchev–Trinajstić information content (AvgIpc) is 2.14. The average molecular weight is 200 g/mol. The first-order chi connectivity index (χ1) is 6.77. The molecule has 0 radical (unpaired) electrons. The highest BCUT2D eigenvalue weighted by Gasteiger charge is 2.30. The third-order valence-electron chi connectivity index (χ3n) is 3.07. The first kappa shape index (κ1) is 12.0. The molecule has 0 aromatic heterocycles. The molecule has 1 aliphatic carbocycles. The number of hydrogen-bond acceptors (Lipinski definition) is 3. The maximum absolute atomic E-state index is 4.95. The van der Waals surface area contributed by atoms with Crippen molar-refractivity contribution >= 4 is 0 Å². The molecule has 1 rings (SSSR count). The Hall–Kier alpha value is -0.120. The van der Waals surface area contributed by atoms with Crippen LogP contribution in [0.25, 0.3) is 0 Å². The minimum absolute atomic E-state index is 0.604. The minimum atomic E-state index is 0.604. The number of methoxy groups -OCH3 is 1. The van der Waals surface area contributed by atoms with Gasteiger partial charge in [0, 0.05) is 33.3 Å². The Morgan fingerprint density at radius 2 is 1.86 bits per heavy atom. The molecule has 0 aliphatic heterocycles. The Morgan fingerprint density at radius 3 is 2.43 bits per heavy atom. The summed E-state index contributed by atoms with van der Waals surface area (Å²) in [5, 5.41) is 6.82. The van der Waals surface area contributed by atoms with Gasteiger partial charge >= 0.3 is 0 Å². The number of hydrogen-bond donors (Lipinski definition) is 2. The smallest absolute Gasteiger partial charge is 0.0587 e. The minimum Gasteiger partial charge on any atom is -0.383 e. The fourth-order valence-corrected chi connectivity index (χ4v) is 1.82. The van der Waals surface area contributed by atoms with Gasteiger partial charge in [0.05, 0.1) is 6.61 Å². The predicted octanol–water partition coefficient (Wildman–Crippen LogP) is 1.00. The molecule has 3 heteroatoms. The van der Waals surface area contributed by atoms with E-state index in [-0.39, 0.29) is 0 Å². The Labute approximate surface area is 87.6 Å². The molecule has 0 aromatic carbocycles. The van der Waals surface area contributed by atoms with Crippen LogP contribution in [0.4, 0.5) is 0 Å². The first-order valence-corrected chi connectivity index (χ1v) is 5.67. The van der Waals surface area contributed by atoms with Gasteiger partial charge in [-0.25, -0.2) is 0 Å². The number of nitrogens with one attached hydrogen (secondary N) is 2. The van der Waals surface area contributed by atoms with Crippen LogP contribution in [0, 0.1) is 5.41 Å². The van der Waals surface area contributed by atoms with E-state index in [1.54, 1.807) is 7.11 Å². The van der Waals surface area contributed by atoms with Crippen molar-refractivity contribution in [2.24, 2.45) is 5.41 Å². The van der Waals surface area contributed by atoms with Crippen molar-refractivity contribution in [2.45, 2.75) is 26.2 Å².